The van der Waals surface area contributed by atoms with Gasteiger partial charge in [0.1, 0.15) is 5.82 Å². The van der Waals surface area contributed by atoms with Crippen LogP contribution in [0.25, 0.3) is 88.6 Å². The molecule has 3 aromatic heterocycles. The van der Waals surface area contributed by atoms with E-state index in [1.807, 2.05) is 66.7 Å². The molecule has 0 bridgehead atoms. The van der Waals surface area contributed by atoms with Crippen molar-refractivity contribution in [3.8, 4) is 45.3 Å². The van der Waals surface area contributed by atoms with Crippen LogP contribution in [-0.2, 0) is 0 Å². The van der Waals surface area contributed by atoms with Gasteiger partial charge in [-0.3, -0.25) is 9.97 Å². The molecule has 0 N–H and O–H groups in total. The number of nitrogens with zero attached hydrogens (tertiary/aromatic N) is 5. The van der Waals surface area contributed by atoms with Gasteiger partial charge in [-0.1, -0.05) is 97.1 Å². The Kier molecular flexibility index (Phi) is 6.25. The summed E-state index contributed by atoms with van der Waals surface area (Å²) in [6, 6.07) is 43.4. The predicted octanol–water partition coefficient (Wildman–Crippen LogP) is 10.1. The number of hydrogen-bond donors (Lipinski definition) is 0. The summed E-state index contributed by atoms with van der Waals surface area (Å²) in [7, 11) is 0. The summed E-state index contributed by atoms with van der Waals surface area (Å²) in [4.78, 5) is 24.7. The van der Waals surface area contributed by atoms with Gasteiger partial charge in [-0.15, -0.1) is 0 Å². The Morgan fingerprint density at radius 2 is 0.979 bits per heavy atom. The van der Waals surface area contributed by atoms with Crippen LogP contribution in [-0.4, -0.2) is 24.9 Å². The summed E-state index contributed by atoms with van der Waals surface area (Å²) in [6.45, 7) is 0. The van der Waals surface area contributed by atoms with E-state index in [4.69, 9.17) is 19.9 Å². The third-order valence-corrected chi connectivity index (χ3v) is 8.65. The number of benzene rings is 6. The van der Waals surface area contributed by atoms with E-state index in [-0.39, 0.29) is 5.82 Å². The molecule has 0 amide bonds. The normalized spacial score (nSPS) is 11.5. The maximum Gasteiger partial charge on any atom is 0.164 e. The van der Waals surface area contributed by atoms with Gasteiger partial charge in [0.15, 0.2) is 17.5 Å². The molecule has 0 atom stereocenters. The van der Waals surface area contributed by atoms with Crippen LogP contribution < -0.4 is 0 Å². The van der Waals surface area contributed by atoms with Gasteiger partial charge in [-0.05, 0) is 69.1 Å². The first kappa shape index (κ1) is 27.0. The standard InChI is InChI=1S/C41H24FN5/c42-30-11-5-9-27(22-30)25-16-18-26(19-17-25)39-45-40(35-23-28-8-1-2-12-31(28)32-13-3-4-14-33(32)35)47-41(46-39)36-24-29-10-6-20-43-37(29)38-34(36)15-7-21-44-38/h1-24H. The van der Waals surface area contributed by atoms with E-state index in [1.165, 1.54) is 17.5 Å². The minimum atomic E-state index is -0.270. The molecule has 6 aromatic carbocycles. The Bertz CT molecular complexity index is 2510. The molecule has 47 heavy (non-hydrogen) atoms. The largest absolute Gasteiger partial charge is 0.254 e. The van der Waals surface area contributed by atoms with Crippen molar-refractivity contribution in [3.05, 3.63) is 152 Å². The highest BCUT2D eigenvalue weighted by atomic mass is 19.1. The summed E-state index contributed by atoms with van der Waals surface area (Å²) in [5, 5.41) is 6.34. The number of halogens is 1. The average Bonchev–Trinajstić information content (AvgIpc) is 3.14. The first-order chi connectivity index (χ1) is 23.2. The third kappa shape index (κ3) is 4.66. The zero-order valence-corrected chi connectivity index (χ0v) is 25.0. The zero-order valence-electron chi connectivity index (χ0n) is 25.0. The molecule has 9 aromatic rings. The van der Waals surface area contributed by atoms with E-state index in [1.54, 1.807) is 18.5 Å². The van der Waals surface area contributed by atoms with Crippen LogP contribution in [0, 0.1) is 5.82 Å². The Morgan fingerprint density at radius 1 is 0.383 bits per heavy atom. The Balaban J connectivity index is 1.31. The molecule has 0 aliphatic rings. The van der Waals surface area contributed by atoms with E-state index in [9.17, 15) is 4.39 Å². The second kappa shape index (κ2) is 10.9. The monoisotopic (exact) mass is 605 g/mol. The lowest BCUT2D eigenvalue weighted by Crippen LogP contribution is -2.01. The molecule has 0 spiro atoms. The molecule has 9 rings (SSSR count). The van der Waals surface area contributed by atoms with Crippen LogP contribution in [0.2, 0.25) is 0 Å². The molecule has 220 valence electrons. The lowest BCUT2D eigenvalue weighted by molar-refractivity contribution is 0.628. The number of fused-ring (bicyclic) bond motifs is 6. The summed E-state index contributed by atoms with van der Waals surface area (Å²) < 4.78 is 14.0. The van der Waals surface area contributed by atoms with Crippen molar-refractivity contribution in [2.45, 2.75) is 0 Å². The lowest BCUT2D eigenvalue weighted by atomic mass is 9.96. The van der Waals surface area contributed by atoms with E-state index in [0.29, 0.717) is 17.5 Å². The van der Waals surface area contributed by atoms with Gasteiger partial charge < -0.3 is 0 Å². The molecule has 3 heterocycles. The summed E-state index contributed by atoms with van der Waals surface area (Å²) in [5.41, 5.74) is 5.92. The fraction of sp³-hybridized carbons (Fsp3) is 0. The maximum absolute atomic E-state index is 14.0. The van der Waals surface area contributed by atoms with Crippen molar-refractivity contribution in [3.63, 3.8) is 0 Å². The Labute approximate surface area is 269 Å². The second-order valence-corrected chi connectivity index (χ2v) is 11.5. The van der Waals surface area contributed by atoms with Crippen molar-refractivity contribution in [1.29, 1.82) is 0 Å². The van der Waals surface area contributed by atoms with Gasteiger partial charge in [-0.2, -0.15) is 0 Å². The van der Waals surface area contributed by atoms with E-state index >= 15 is 0 Å². The van der Waals surface area contributed by atoms with Crippen molar-refractivity contribution in [2.24, 2.45) is 0 Å². The second-order valence-electron chi connectivity index (χ2n) is 11.5. The SMILES string of the molecule is Fc1cccc(-c2ccc(-c3nc(-c4cc5ccccc5c5ccccc45)nc(-c4cc5cccnc5c5ncccc45)n3)cc2)c1. The first-order valence-corrected chi connectivity index (χ1v) is 15.4. The minimum Gasteiger partial charge on any atom is -0.254 e. The fourth-order valence-corrected chi connectivity index (χ4v) is 6.43. The van der Waals surface area contributed by atoms with E-state index in [2.05, 4.69) is 53.5 Å². The highest BCUT2D eigenvalue weighted by Crippen LogP contribution is 2.37. The maximum atomic E-state index is 14.0. The van der Waals surface area contributed by atoms with Gasteiger partial charge in [0, 0.05) is 39.9 Å². The first-order valence-electron chi connectivity index (χ1n) is 15.4. The molecule has 0 aliphatic heterocycles. The highest BCUT2D eigenvalue weighted by Gasteiger charge is 2.19. The summed E-state index contributed by atoms with van der Waals surface area (Å²) >= 11 is 0. The van der Waals surface area contributed by atoms with Crippen molar-refractivity contribution in [2.75, 3.05) is 0 Å². The molecule has 6 heteroatoms. The van der Waals surface area contributed by atoms with Gasteiger partial charge in [-0.25, -0.2) is 19.3 Å². The van der Waals surface area contributed by atoms with Gasteiger partial charge in [0.05, 0.1) is 11.0 Å². The lowest BCUT2D eigenvalue weighted by Gasteiger charge is -2.14. The summed E-state index contributed by atoms with van der Waals surface area (Å²) in [6.07, 6.45) is 3.57. The van der Waals surface area contributed by atoms with Crippen LogP contribution in [0.4, 0.5) is 4.39 Å². The van der Waals surface area contributed by atoms with Crippen LogP contribution in [0.5, 0.6) is 0 Å². The molecule has 0 unspecified atom stereocenters. The van der Waals surface area contributed by atoms with Gasteiger partial charge in [0.2, 0.25) is 0 Å². The van der Waals surface area contributed by atoms with E-state index < -0.39 is 0 Å². The van der Waals surface area contributed by atoms with Crippen molar-refractivity contribution < 1.29 is 4.39 Å². The third-order valence-electron chi connectivity index (χ3n) is 8.65. The molecule has 5 nitrogen and oxygen atoms in total. The molecule has 0 saturated carbocycles. The number of rotatable bonds is 4. The molecule has 0 saturated heterocycles. The Hall–Kier alpha value is -6.40. The van der Waals surface area contributed by atoms with Gasteiger partial charge >= 0.3 is 0 Å². The summed E-state index contributed by atoms with van der Waals surface area (Å²) in [5.74, 6) is 1.38. The quantitative estimate of drug-likeness (QED) is 0.187. The zero-order chi connectivity index (χ0) is 31.3. The minimum absolute atomic E-state index is 0.270. The number of pyridine rings is 2. The molecular formula is C41H24FN5. The van der Waals surface area contributed by atoms with Gasteiger partial charge in [0.25, 0.3) is 0 Å². The van der Waals surface area contributed by atoms with Crippen LogP contribution in [0.3, 0.4) is 0 Å². The highest BCUT2D eigenvalue weighted by molar-refractivity contribution is 6.13. The van der Waals surface area contributed by atoms with Crippen molar-refractivity contribution >= 4 is 43.4 Å². The smallest absolute Gasteiger partial charge is 0.164 e. The van der Waals surface area contributed by atoms with Crippen LogP contribution in [0.15, 0.2) is 146 Å². The number of hydrogen-bond acceptors (Lipinski definition) is 5. The van der Waals surface area contributed by atoms with Crippen LogP contribution in [0.1, 0.15) is 0 Å². The molecule has 0 fully saturated rings. The number of aromatic nitrogens is 5. The average molecular weight is 606 g/mol. The fourth-order valence-electron chi connectivity index (χ4n) is 6.43. The molecule has 0 radical (unpaired) electrons. The molecular weight excluding hydrogens is 581 g/mol. The van der Waals surface area contributed by atoms with Crippen LogP contribution >= 0.6 is 0 Å². The Morgan fingerprint density at radius 3 is 1.79 bits per heavy atom. The predicted molar refractivity (Wildman–Crippen MR) is 187 cm³/mol. The van der Waals surface area contributed by atoms with E-state index in [0.717, 1.165) is 65.8 Å². The van der Waals surface area contributed by atoms with Crippen molar-refractivity contribution in [1.82, 2.24) is 24.9 Å². The molecule has 0 aliphatic carbocycles. The topological polar surface area (TPSA) is 64.5 Å².